The van der Waals surface area contributed by atoms with Crippen molar-refractivity contribution in [2.24, 2.45) is 5.73 Å². The summed E-state index contributed by atoms with van der Waals surface area (Å²) >= 11 is 7.47. The highest BCUT2D eigenvalue weighted by molar-refractivity contribution is 7.10. The molecular formula is C13H15ClN2S. The Kier molecular flexibility index (Phi) is 3.52. The van der Waals surface area contributed by atoms with Gasteiger partial charge >= 0.3 is 0 Å². The van der Waals surface area contributed by atoms with Crippen molar-refractivity contribution in [3.8, 4) is 11.3 Å². The highest BCUT2D eigenvalue weighted by atomic mass is 35.5. The van der Waals surface area contributed by atoms with E-state index < -0.39 is 0 Å². The van der Waals surface area contributed by atoms with Gasteiger partial charge in [-0.05, 0) is 25.5 Å². The Balaban J connectivity index is 2.33. The topological polar surface area (TPSA) is 38.9 Å². The molecule has 1 aromatic heterocycles. The van der Waals surface area contributed by atoms with Gasteiger partial charge in [-0.1, -0.05) is 30.7 Å². The molecule has 0 aliphatic carbocycles. The summed E-state index contributed by atoms with van der Waals surface area (Å²) in [4.78, 5) is 4.60. The molecule has 1 unspecified atom stereocenters. The van der Waals surface area contributed by atoms with Crippen molar-refractivity contribution < 1.29 is 0 Å². The lowest BCUT2D eigenvalue weighted by Gasteiger charge is -2.18. The second-order valence-electron chi connectivity index (χ2n) is 4.32. The summed E-state index contributed by atoms with van der Waals surface area (Å²) in [6.45, 7) is 4.08. The first kappa shape index (κ1) is 12.6. The summed E-state index contributed by atoms with van der Waals surface area (Å²) in [6.07, 6.45) is 0.876. The molecule has 0 saturated carbocycles. The van der Waals surface area contributed by atoms with Gasteiger partial charge in [0, 0.05) is 16.0 Å². The van der Waals surface area contributed by atoms with Crippen molar-refractivity contribution in [3.05, 3.63) is 39.7 Å². The Morgan fingerprint density at radius 2 is 2.00 bits per heavy atom. The molecule has 0 amide bonds. The van der Waals surface area contributed by atoms with Crippen molar-refractivity contribution in [1.29, 1.82) is 0 Å². The van der Waals surface area contributed by atoms with E-state index in [1.807, 2.05) is 36.6 Å². The van der Waals surface area contributed by atoms with Crippen molar-refractivity contribution in [3.63, 3.8) is 0 Å². The van der Waals surface area contributed by atoms with Crippen LogP contribution in [0.2, 0.25) is 5.02 Å². The number of hydrogen-bond donors (Lipinski definition) is 1. The fourth-order valence-corrected chi connectivity index (χ4v) is 2.54. The Hall–Kier alpha value is -0.900. The largest absolute Gasteiger partial charge is 0.320 e. The third kappa shape index (κ3) is 2.68. The number of hydrogen-bond acceptors (Lipinski definition) is 3. The van der Waals surface area contributed by atoms with Gasteiger partial charge in [-0.3, -0.25) is 0 Å². The number of aromatic nitrogens is 1. The van der Waals surface area contributed by atoms with Gasteiger partial charge in [-0.2, -0.15) is 0 Å². The molecule has 4 heteroatoms. The van der Waals surface area contributed by atoms with E-state index >= 15 is 0 Å². The fraction of sp³-hybridized carbons (Fsp3) is 0.308. The van der Waals surface area contributed by atoms with Gasteiger partial charge < -0.3 is 5.73 Å². The van der Waals surface area contributed by atoms with Gasteiger partial charge in [-0.25, -0.2) is 4.98 Å². The number of benzene rings is 1. The average Bonchev–Trinajstić information content (AvgIpc) is 2.80. The zero-order valence-electron chi connectivity index (χ0n) is 9.90. The van der Waals surface area contributed by atoms with Gasteiger partial charge in [0.1, 0.15) is 5.01 Å². The van der Waals surface area contributed by atoms with E-state index in [1.165, 1.54) is 0 Å². The predicted molar refractivity (Wildman–Crippen MR) is 74.4 cm³/mol. The van der Waals surface area contributed by atoms with Gasteiger partial charge in [0.2, 0.25) is 0 Å². The maximum atomic E-state index is 6.18. The smallest absolute Gasteiger partial charge is 0.113 e. The molecule has 2 nitrogen and oxygen atoms in total. The molecule has 17 heavy (non-hydrogen) atoms. The zero-order chi connectivity index (χ0) is 12.5. The van der Waals surface area contributed by atoms with Crippen LogP contribution < -0.4 is 5.73 Å². The van der Waals surface area contributed by atoms with E-state index in [0.717, 1.165) is 27.7 Å². The molecule has 0 spiro atoms. The number of nitrogens with zero attached hydrogens (tertiary/aromatic N) is 1. The third-order valence-corrected chi connectivity index (χ3v) is 4.24. The Labute approximate surface area is 110 Å². The van der Waals surface area contributed by atoms with E-state index in [-0.39, 0.29) is 5.54 Å². The van der Waals surface area contributed by atoms with E-state index in [4.69, 9.17) is 17.3 Å². The monoisotopic (exact) mass is 266 g/mol. The summed E-state index contributed by atoms with van der Waals surface area (Å²) in [7, 11) is 0. The van der Waals surface area contributed by atoms with E-state index in [0.29, 0.717) is 0 Å². The Morgan fingerprint density at radius 3 is 2.59 bits per heavy atom. The molecule has 90 valence electrons. The number of rotatable bonds is 3. The van der Waals surface area contributed by atoms with E-state index in [1.54, 1.807) is 11.3 Å². The SMILES string of the molecule is CCC(C)(N)c1nc(-c2ccc(Cl)cc2)cs1. The van der Waals surface area contributed by atoms with Gasteiger partial charge in [0.05, 0.1) is 11.2 Å². The van der Waals surface area contributed by atoms with Crippen LogP contribution >= 0.6 is 22.9 Å². The van der Waals surface area contributed by atoms with Gasteiger partial charge in [0.25, 0.3) is 0 Å². The predicted octanol–water partition coefficient (Wildman–Crippen LogP) is 4.05. The van der Waals surface area contributed by atoms with E-state index in [2.05, 4.69) is 11.9 Å². The molecular weight excluding hydrogens is 252 g/mol. The lowest BCUT2D eigenvalue weighted by Crippen LogP contribution is -2.31. The highest BCUT2D eigenvalue weighted by Crippen LogP contribution is 2.29. The fourth-order valence-electron chi connectivity index (χ4n) is 1.44. The van der Waals surface area contributed by atoms with Crippen LogP contribution in [0.5, 0.6) is 0 Å². The number of thiazole rings is 1. The molecule has 0 aliphatic rings. The van der Waals surface area contributed by atoms with Crippen LogP contribution in [0.1, 0.15) is 25.3 Å². The second kappa shape index (κ2) is 4.77. The van der Waals surface area contributed by atoms with Crippen LogP contribution in [-0.4, -0.2) is 4.98 Å². The first-order chi connectivity index (χ1) is 8.03. The second-order valence-corrected chi connectivity index (χ2v) is 5.61. The summed E-state index contributed by atoms with van der Waals surface area (Å²) in [5.74, 6) is 0. The minimum absolute atomic E-state index is 0.338. The molecule has 0 fully saturated rings. The van der Waals surface area contributed by atoms with Crippen LogP contribution in [-0.2, 0) is 5.54 Å². The minimum atomic E-state index is -0.338. The quantitative estimate of drug-likeness (QED) is 0.910. The molecule has 2 aromatic rings. The molecule has 2 rings (SSSR count). The normalized spacial score (nSPS) is 14.6. The molecule has 0 radical (unpaired) electrons. The van der Waals surface area contributed by atoms with Crippen molar-refractivity contribution in [2.45, 2.75) is 25.8 Å². The summed E-state index contributed by atoms with van der Waals surface area (Å²) in [6, 6.07) is 7.69. The molecule has 1 atom stereocenters. The molecule has 2 N–H and O–H groups in total. The summed E-state index contributed by atoms with van der Waals surface area (Å²) in [5, 5.41) is 3.76. The first-order valence-corrected chi connectivity index (χ1v) is 6.79. The summed E-state index contributed by atoms with van der Waals surface area (Å²) in [5.41, 5.74) is 7.88. The lowest BCUT2D eigenvalue weighted by atomic mass is 10.0. The van der Waals surface area contributed by atoms with Crippen LogP contribution in [0.25, 0.3) is 11.3 Å². The van der Waals surface area contributed by atoms with Crippen molar-refractivity contribution >= 4 is 22.9 Å². The van der Waals surface area contributed by atoms with Crippen LogP contribution in [0.15, 0.2) is 29.6 Å². The van der Waals surface area contributed by atoms with E-state index in [9.17, 15) is 0 Å². The van der Waals surface area contributed by atoms with Crippen molar-refractivity contribution in [1.82, 2.24) is 4.98 Å². The van der Waals surface area contributed by atoms with Crippen molar-refractivity contribution in [2.75, 3.05) is 0 Å². The first-order valence-electron chi connectivity index (χ1n) is 5.54. The van der Waals surface area contributed by atoms with Crippen LogP contribution in [0.4, 0.5) is 0 Å². The maximum absolute atomic E-state index is 6.18. The van der Waals surface area contributed by atoms with Crippen LogP contribution in [0.3, 0.4) is 0 Å². The Bertz CT molecular complexity index is 502. The Morgan fingerprint density at radius 1 is 1.35 bits per heavy atom. The highest BCUT2D eigenvalue weighted by Gasteiger charge is 2.22. The average molecular weight is 267 g/mol. The zero-order valence-corrected chi connectivity index (χ0v) is 11.5. The number of halogens is 1. The molecule has 1 aromatic carbocycles. The van der Waals surface area contributed by atoms with Gasteiger partial charge in [0.15, 0.2) is 0 Å². The third-order valence-electron chi connectivity index (χ3n) is 2.87. The number of nitrogens with two attached hydrogens (primary N) is 1. The van der Waals surface area contributed by atoms with Gasteiger partial charge in [-0.15, -0.1) is 11.3 Å². The molecule has 0 bridgehead atoms. The molecule has 0 aliphatic heterocycles. The maximum Gasteiger partial charge on any atom is 0.113 e. The molecule has 0 saturated heterocycles. The molecule has 1 heterocycles. The standard InChI is InChI=1S/C13H15ClN2S/c1-3-13(2,15)12-16-11(8-17-12)9-4-6-10(14)7-5-9/h4-8H,3,15H2,1-2H3. The lowest BCUT2D eigenvalue weighted by molar-refractivity contribution is 0.474. The van der Waals surface area contributed by atoms with Crippen LogP contribution in [0, 0.1) is 0 Å². The summed E-state index contributed by atoms with van der Waals surface area (Å²) < 4.78 is 0. The minimum Gasteiger partial charge on any atom is -0.320 e.